The van der Waals surface area contributed by atoms with E-state index in [0.717, 1.165) is 5.56 Å². The van der Waals surface area contributed by atoms with Crippen LogP contribution < -0.4 is 21.3 Å². The number of para-hydroxylation sites is 1. The summed E-state index contributed by atoms with van der Waals surface area (Å²) in [6, 6.07) is 15.6. The third-order valence-electron chi connectivity index (χ3n) is 8.69. The molecule has 3 rings (SSSR count). The highest BCUT2D eigenvalue weighted by Crippen LogP contribution is 2.23. The minimum atomic E-state index is -4.30. The number of anilines is 1. The van der Waals surface area contributed by atoms with Gasteiger partial charge in [-0.05, 0) is 69.6 Å². The van der Waals surface area contributed by atoms with Gasteiger partial charge >= 0.3 is 8.56 Å². The number of aryl methyl sites for hydroxylation is 1. The zero-order valence-electron chi connectivity index (χ0n) is 28.6. The van der Waals surface area contributed by atoms with E-state index in [-0.39, 0.29) is 30.2 Å². The Kier molecular flexibility index (Phi) is 14.3. The lowest BCUT2D eigenvalue weighted by Gasteiger charge is -2.31. The van der Waals surface area contributed by atoms with Crippen molar-refractivity contribution in [1.82, 2.24) is 20.9 Å². The lowest BCUT2D eigenvalue weighted by Crippen LogP contribution is -2.60. The molecule has 2 aromatic rings. The Morgan fingerprint density at radius 1 is 0.854 bits per heavy atom. The fraction of sp³-hybridized carbons (Fsp3) is 0.514. The van der Waals surface area contributed by atoms with Gasteiger partial charge < -0.3 is 35.8 Å². The molecule has 13 heteroatoms. The van der Waals surface area contributed by atoms with Gasteiger partial charge in [0, 0.05) is 31.1 Å². The molecule has 1 aliphatic heterocycles. The van der Waals surface area contributed by atoms with E-state index < -0.39 is 56.0 Å². The number of rotatable bonds is 16. The summed E-state index contributed by atoms with van der Waals surface area (Å²) >= 11 is 0. The van der Waals surface area contributed by atoms with E-state index in [1.54, 1.807) is 24.3 Å². The molecule has 0 saturated carbocycles. The number of benzene rings is 2. The Balaban J connectivity index is 1.70. The number of nitrogens with zero attached hydrogens (tertiary/aromatic N) is 1. The molecule has 12 nitrogen and oxygen atoms in total. The summed E-state index contributed by atoms with van der Waals surface area (Å²) in [5.41, 5.74) is 0.470. The molecule has 5 amide bonds. The van der Waals surface area contributed by atoms with Gasteiger partial charge in [0.25, 0.3) is 0 Å². The molecule has 1 aliphatic rings. The zero-order chi connectivity index (χ0) is 35.4. The second-order valence-corrected chi connectivity index (χ2v) is 16.2. The van der Waals surface area contributed by atoms with Crippen molar-refractivity contribution in [1.29, 1.82) is 0 Å². The third-order valence-corrected chi connectivity index (χ3v) is 11.3. The van der Waals surface area contributed by atoms with Crippen LogP contribution in [0.3, 0.4) is 0 Å². The molecule has 0 bridgehead atoms. The summed E-state index contributed by atoms with van der Waals surface area (Å²) in [6.07, 6.45) is 2.32. The van der Waals surface area contributed by atoms with E-state index in [9.17, 15) is 33.6 Å². The Morgan fingerprint density at radius 2 is 1.48 bits per heavy atom. The first-order valence-electron chi connectivity index (χ1n) is 16.7. The molecule has 48 heavy (non-hydrogen) atoms. The van der Waals surface area contributed by atoms with Gasteiger partial charge in [-0.15, -0.1) is 0 Å². The van der Waals surface area contributed by atoms with Gasteiger partial charge in [0.15, 0.2) is 0 Å². The van der Waals surface area contributed by atoms with Crippen LogP contribution in [0.2, 0.25) is 6.04 Å². The molecule has 0 radical (unpaired) electrons. The predicted molar refractivity (Wildman–Crippen MR) is 185 cm³/mol. The maximum Gasteiger partial charge on any atom is 0.356 e. The molecule has 1 saturated heterocycles. The topological polar surface area (TPSA) is 177 Å². The van der Waals surface area contributed by atoms with Crippen molar-refractivity contribution in [3.8, 4) is 0 Å². The standard InChI is InChI=1S/C35H51N5O7Si/c1-23(2)21-30(34(44)38-29-15-10-7-11-16-29)39-33(43)28(19-18-27-13-8-6-9-14-27)22-48(46,47)25(4)37-32(42)24(3)36-35(45)31-17-12-20-40(31)26(5)41/h6-11,13-16,23-25,28,30-31,46-47H,12,17-22H2,1-5H3,(H,36,45)(H,37,42)(H,38,44)(H,39,43)/t24-,25+,28+,30-,31?/m0/s1. The van der Waals surface area contributed by atoms with Crippen molar-refractivity contribution >= 4 is 43.8 Å². The Morgan fingerprint density at radius 3 is 2.08 bits per heavy atom. The average Bonchev–Trinajstić information content (AvgIpc) is 3.54. The van der Waals surface area contributed by atoms with Gasteiger partial charge in [0.2, 0.25) is 29.5 Å². The molecule has 0 aliphatic carbocycles. The first-order chi connectivity index (χ1) is 22.7. The van der Waals surface area contributed by atoms with Crippen LogP contribution in [0.1, 0.15) is 65.9 Å². The van der Waals surface area contributed by atoms with Crippen molar-refractivity contribution in [2.24, 2.45) is 11.8 Å². The highest BCUT2D eigenvalue weighted by atomic mass is 28.4. The van der Waals surface area contributed by atoms with Crippen LogP contribution in [0.15, 0.2) is 60.7 Å². The van der Waals surface area contributed by atoms with Crippen LogP contribution in [0, 0.1) is 11.8 Å². The molecular weight excluding hydrogens is 630 g/mol. The number of hydrogen-bond donors (Lipinski definition) is 6. The van der Waals surface area contributed by atoms with Crippen molar-refractivity contribution in [2.45, 2.75) is 96.6 Å². The minimum absolute atomic E-state index is 0.0839. The fourth-order valence-electron chi connectivity index (χ4n) is 5.84. The van der Waals surface area contributed by atoms with Crippen LogP contribution in [-0.4, -0.2) is 82.9 Å². The van der Waals surface area contributed by atoms with Gasteiger partial charge in [0.1, 0.15) is 18.1 Å². The molecule has 262 valence electrons. The molecule has 6 N–H and O–H groups in total. The van der Waals surface area contributed by atoms with Gasteiger partial charge in [0.05, 0.1) is 5.67 Å². The summed E-state index contributed by atoms with van der Waals surface area (Å²) in [5, 5.41) is 11.0. The van der Waals surface area contributed by atoms with E-state index in [1.807, 2.05) is 50.2 Å². The molecule has 2 aromatic carbocycles. The minimum Gasteiger partial charge on any atom is -0.409 e. The molecule has 1 fully saturated rings. The first-order valence-corrected chi connectivity index (χ1v) is 18.9. The van der Waals surface area contributed by atoms with E-state index in [0.29, 0.717) is 37.9 Å². The number of carbonyl (C=O) groups excluding carboxylic acids is 5. The van der Waals surface area contributed by atoms with Crippen LogP contribution in [0.5, 0.6) is 0 Å². The average molecular weight is 682 g/mol. The zero-order valence-corrected chi connectivity index (χ0v) is 29.6. The van der Waals surface area contributed by atoms with Gasteiger partial charge in [-0.2, -0.15) is 0 Å². The lowest BCUT2D eigenvalue weighted by atomic mass is 9.98. The number of nitrogens with one attached hydrogen (secondary N) is 4. The van der Waals surface area contributed by atoms with E-state index in [1.165, 1.54) is 25.7 Å². The number of carbonyl (C=O) groups is 5. The van der Waals surface area contributed by atoms with Crippen molar-refractivity contribution in [2.75, 3.05) is 11.9 Å². The number of likely N-dealkylation sites (tertiary alicyclic amines) is 1. The SMILES string of the molecule is CC(=O)N1CCCC1C(=O)N[C@@H](C)C(=O)N[C@@H](C)[Si](O)(O)C[C@@H](CCc1ccccc1)C(=O)N[C@@H](CC(C)C)C(=O)Nc1ccccc1. The molecule has 0 spiro atoms. The maximum absolute atomic E-state index is 13.8. The monoisotopic (exact) mass is 681 g/mol. The summed E-state index contributed by atoms with van der Waals surface area (Å²) in [6.45, 7) is 8.71. The van der Waals surface area contributed by atoms with Gasteiger partial charge in [-0.3, -0.25) is 24.0 Å². The summed E-state index contributed by atoms with van der Waals surface area (Å²) < 4.78 is 0. The quantitative estimate of drug-likeness (QED) is 0.147. The lowest BCUT2D eigenvalue weighted by molar-refractivity contribution is -0.138. The molecular formula is C35H51N5O7Si. The molecule has 1 unspecified atom stereocenters. The van der Waals surface area contributed by atoms with Crippen molar-refractivity contribution in [3.05, 3.63) is 66.2 Å². The predicted octanol–water partition coefficient (Wildman–Crippen LogP) is 2.39. The Labute approximate surface area is 284 Å². The highest BCUT2D eigenvalue weighted by molar-refractivity contribution is 6.66. The van der Waals surface area contributed by atoms with Crippen molar-refractivity contribution < 1.29 is 33.6 Å². The van der Waals surface area contributed by atoms with Gasteiger partial charge in [-0.1, -0.05) is 62.4 Å². The number of amides is 5. The van der Waals surface area contributed by atoms with E-state index in [4.69, 9.17) is 0 Å². The molecule has 5 atom stereocenters. The Hall–Kier alpha value is -4.07. The van der Waals surface area contributed by atoms with Crippen LogP contribution in [0.4, 0.5) is 5.69 Å². The van der Waals surface area contributed by atoms with E-state index in [2.05, 4.69) is 21.3 Å². The summed E-state index contributed by atoms with van der Waals surface area (Å²) in [5.74, 6) is -2.92. The van der Waals surface area contributed by atoms with E-state index >= 15 is 0 Å². The van der Waals surface area contributed by atoms with Crippen LogP contribution in [0.25, 0.3) is 0 Å². The second-order valence-electron chi connectivity index (χ2n) is 13.2. The summed E-state index contributed by atoms with van der Waals surface area (Å²) in [7, 11) is -4.30. The number of hydrogen-bond acceptors (Lipinski definition) is 7. The largest absolute Gasteiger partial charge is 0.409 e. The molecule has 0 aromatic heterocycles. The fourth-order valence-corrected chi connectivity index (χ4v) is 7.68. The van der Waals surface area contributed by atoms with Crippen molar-refractivity contribution in [3.63, 3.8) is 0 Å². The normalized spacial score (nSPS) is 17.2. The highest BCUT2D eigenvalue weighted by Gasteiger charge is 2.43. The second kappa shape index (κ2) is 17.9. The third kappa shape index (κ3) is 11.6. The van der Waals surface area contributed by atoms with Crippen LogP contribution >= 0.6 is 0 Å². The summed E-state index contributed by atoms with van der Waals surface area (Å²) in [4.78, 5) is 89.0. The molecule has 1 heterocycles. The van der Waals surface area contributed by atoms with Gasteiger partial charge in [-0.25, -0.2) is 0 Å². The smallest absolute Gasteiger partial charge is 0.356 e. The van der Waals surface area contributed by atoms with Crippen LogP contribution in [-0.2, 0) is 30.4 Å². The maximum atomic E-state index is 13.8. The first kappa shape index (κ1) is 38.4. The Bertz CT molecular complexity index is 1390.